The van der Waals surface area contributed by atoms with Crippen molar-refractivity contribution in [3.63, 3.8) is 0 Å². The number of halogens is 2. The summed E-state index contributed by atoms with van der Waals surface area (Å²) in [7, 11) is 0. The highest BCUT2D eigenvalue weighted by atomic mass is 35.5. The van der Waals surface area contributed by atoms with Crippen molar-refractivity contribution in [3.05, 3.63) is 69.7 Å². The van der Waals surface area contributed by atoms with Crippen molar-refractivity contribution in [2.75, 3.05) is 6.54 Å². The van der Waals surface area contributed by atoms with Gasteiger partial charge in [-0.15, -0.1) is 0 Å². The second-order valence-electron chi connectivity index (χ2n) is 6.27. The highest BCUT2D eigenvalue weighted by molar-refractivity contribution is 6.31. The largest absolute Gasteiger partial charge is 0.352 e. The van der Waals surface area contributed by atoms with E-state index in [0.29, 0.717) is 40.6 Å². The lowest BCUT2D eigenvalue weighted by atomic mass is 10.1. The molecule has 0 heterocycles. The SMILES string of the molecule is O=C(NCCCC[C@H](NC(=O)c1cccc(Cl)c1)C(=O)NO)c1cccc(Cl)c1. The fourth-order valence-electron chi connectivity index (χ4n) is 2.63. The molecule has 3 amide bonds. The summed E-state index contributed by atoms with van der Waals surface area (Å²) in [5, 5.41) is 15.1. The van der Waals surface area contributed by atoms with Crippen molar-refractivity contribution in [2.24, 2.45) is 0 Å². The zero-order valence-corrected chi connectivity index (χ0v) is 17.0. The number of hydrogen-bond acceptors (Lipinski definition) is 4. The van der Waals surface area contributed by atoms with Gasteiger partial charge in [0.05, 0.1) is 0 Å². The van der Waals surface area contributed by atoms with Gasteiger partial charge in [0.25, 0.3) is 17.7 Å². The molecule has 0 aromatic heterocycles. The Bertz CT molecular complexity index is 876. The molecule has 1 atom stereocenters. The van der Waals surface area contributed by atoms with E-state index in [1.165, 1.54) is 6.07 Å². The Morgan fingerprint density at radius 3 is 2.03 bits per heavy atom. The number of carbonyl (C=O) groups is 3. The Hall–Kier alpha value is -2.61. The smallest absolute Gasteiger partial charge is 0.265 e. The summed E-state index contributed by atoms with van der Waals surface area (Å²) in [5.41, 5.74) is 2.33. The molecular weight excluding hydrogens is 417 g/mol. The second-order valence-corrected chi connectivity index (χ2v) is 7.15. The molecule has 0 saturated heterocycles. The predicted molar refractivity (Wildman–Crippen MR) is 110 cm³/mol. The minimum absolute atomic E-state index is 0.244. The van der Waals surface area contributed by atoms with Gasteiger partial charge in [0, 0.05) is 27.7 Å². The van der Waals surface area contributed by atoms with E-state index in [2.05, 4.69) is 10.6 Å². The number of hydrogen-bond donors (Lipinski definition) is 4. The molecule has 4 N–H and O–H groups in total. The highest BCUT2D eigenvalue weighted by Crippen LogP contribution is 2.12. The Morgan fingerprint density at radius 1 is 0.897 bits per heavy atom. The highest BCUT2D eigenvalue weighted by Gasteiger charge is 2.21. The summed E-state index contributed by atoms with van der Waals surface area (Å²) in [4.78, 5) is 36.2. The van der Waals surface area contributed by atoms with Gasteiger partial charge in [-0.25, -0.2) is 5.48 Å². The third-order valence-electron chi connectivity index (χ3n) is 4.11. The number of unbranched alkanes of at least 4 members (excludes halogenated alkanes) is 1. The molecule has 2 aromatic rings. The number of benzene rings is 2. The summed E-state index contributed by atoms with van der Waals surface area (Å²) in [6.07, 6.45) is 1.39. The molecule has 0 radical (unpaired) electrons. The van der Waals surface area contributed by atoms with Gasteiger partial charge >= 0.3 is 0 Å². The minimum atomic E-state index is -0.921. The summed E-state index contributed by atoms with van der Waals surface area (Å²) in [5.74, 6) is -1.44. The van der Waals surface area contributed by atoms with Crippen LogP contribution in [0.1, 0.15) is 40.0 Å². The van der Waals surface area contributed by atoms with Crippen LogP contribution >= 0.6 is 23.2 Å². The fourth-order valence-corrected chi connectivity index (χ4v) is 3.01. The quantitative estimate of drug-likeness (QED) is 0.274. The molecule has 0 saturated carbocycles. The van der Waals surface area contributed by atoms with Gasteiger partial charge in [-0.3, -0.25) is 19.6 Å². The van der Waals surface area contributed by atoms with Crippen LogP contribution in [-0.2, 0) is 4.79 Å². The molecule has 154 valence electrons. The van der Waals surface area contributed by atoms with Crippen molar-refractivity contribution < 1.29 is 19.6 Å². The van der Waals surface area contributed by atoms with Crippen molar-refractivity contribution in [3.8, 4) is 0 Å². The number of amides is 3. The lowest BCUT2D eigenvalue weighted by molar-refractivity contribution is -0.131. The van der Waals surface area contributed by atoms with Crippen LogP contribution in [0.15, 0.2) is 48.5 Å². The zero-order valence-electron chi connectivity index (χ0n) is 15.5. The molecule has 0 spiro atoms. The van der Waals surface area contributed by atoms with Crippen molar-refractivity contribution in [1.82, 2.24) is 16.1 Å². The molecule has 7 nitrogen and oxygen atoms in total. The third-order valence-corrected chi connectivity index (χ3v) is 4.58. The van der Waals surface area contributed by atoms with Gasteiger partial charge in [-0.2, -0.15) is 0 Å². The first-order valence-corrected chi connectivity index (χ1v) is 9.70. The lowest BCUT2D eigenvalue weighted by Gasteiger charge is -2.17. The minimum Gasteiger partial charge on any atom is -0.352 e. The van der Waals surface area contributed by atoms with Crippen LogP contribution in [0.5, 0.6) is 0 Å². The van der Waals surface area contributed by atoms with Crippen molar-refractivity contribution >= 4 is 40.9 Å². The van der Waals surface area contributed by atoms with E-state index in [9.17, 15) is 14.4 Å². The number of rotatable bonds is 9. The van der Waals surface area contributed by atoms with Crippen LogP contribution in [0.2, 0.25) is 10.0 Å². The predicted octanol–water partition coefficient (Wildman–Crippen LogP) is 3.20. The summed E-state index contributed by atoms with van der Waals surface area (Å²) >= 11 is 11.7. The van der Waals surface area contributed by atoms with Gasteiger partial charge in [0.2, 0.25) is 0 Å². The lowest BCUT2D eigenvalue weighted by Crippen LogP contribution is -2.45. The van der Waals surface area contributed by atoms with Crippen LogP contribution in [0.4, 0.5) is 0 Å². The van der Waals surface area contributed by atoms with Crippen LogP contribution < -0.4 is 16.1 Å². The standard InChI is InChI=1S/C20H21Cl2N3O4/c21-15-7-3-5-13(11-15)18(26)23-10-2-1-9-17(20(28)25-29)24-19(27)14-6-4-8-16(22)12-14/h3-8,11-12,17,29H,1-2,9-10H2,(H,23,26)(H,24,27)(H,25,28)/t17-/m0/s1. The first kappa shape index (κ1) is 22.7. The molecule has 0 aliphatic carbocycles. The third kappa shape index (κ3) is 7.38. The first-order chi connectivity index (χ1) is 13.9. The molecule has 2 rings (SSSR count). The Labute approximate surface area is 178 Å². The number of carbonyl (C=O) groups excluding carboxylic acids is 3. The van der Waals surface area contributed by atoms with Crippen molar-refractivity contribution in [2.45, 2.75) is 25.3 Å². The topological polar surface area (TPSA) is 108 Å². The molecule has 2 aromatic carbocycles. The van der Waals surface area contributed by atoms with Gasteiger partial charge < -0.3 is 10.6 Å². The molecule has 0 aliphatic rings. The van der Waals surface area contributed by atoms with Crippen LogP contribution in [0.3, 0.4) is 0 Å². The van der Waals surface area contributed by atoms with Gasteiger partial charge in [0.15, 0.2) is 0 Å². The van der Waals surface area contributed by atoms with E-state index in [1.54, 1.807) is 47.9 Å². The molecule has 0 unspecified atom stereocenters. The average Bonchev–Trinajstić information content (AvgIpc) is 2.71. The summed E-state index contributed by atoms with van der Waals surface area (Å²) in [6.45, 7) is 0.390. The molecule has 9 heteroatoms. The van der Waals surface area contributed by atoms with Crippen LogP contribution in [-0.4, -0.2) is 35.5 Å². The Balaban J connectivity index is 1.80. The van der Waals surface area contributed by atoms with Gasteiger partial charge in [-0.1, -0.05) is 35.3 Å². The molecule has 29 heavy (non-hydrogen) atoms. The second kappa shape index (κ2) is 11.4. The van der Waals surface area contributed by atoms with Crippen LogP contribution in [0.25, 0.3) is 0 Å². The maximum absolute atomic E-state index is 12.3. The summed E-state index contributed by atoms with van der Waals surface area (Å²) < 4.78 is 0. The van der Waals surface area contributed by atoms with Crippen molar-refractivity contribution in [1.29, 1.82) is 0 Å². The van der Waals surface area contributed by atoms with Gasteiger partial charge in [0.1, 0.15) is 6.04 Å². The average molecular weight is 438 g/mol. The van der Waals surface area contributed by atoms with E-state index < -0.39 is 17.9 Å². The zero-order chi connectivity index (χ0) is 21.2. The molecule has 0 bridgehead atoms. The first-order valence-electron chi connectivity index (χ1n) is 8.95. The maximum Gasteiger partial charge on any atom is 0.265 e. The van der Waals surface area contributed by atoms with E-state index in [1.807, 2.05) is 0 Å². The van der Waals surface area contributed by atoms with E-state index >= 15 is 0 Å². The fraction of sp³-hybridized carbons (Fsp3) is 0.250. The molecule has 0 aliphatic heterocycles. The van der Waals surface area contributed by atoms with Crippen LogP contribution in [0, 0.1) is 0 Å². The Morgan fingerprint density at radius 2 is 1.48 bits per heavy atom. The Kier molecular flexibility index (Phi) is 8.92. The number of nitrogens with one attached hydrogen (secondary N) is 3. The normalized spacial score (nSPS) is 11.4. The maximum atomic E-state index is 12.3. The molecule has 0 fully saturated rings. The van der Waals surface area contributed by atoms with E-state index in [0.717, 1.165) is 0 Å². The number of hydroxylamine groups is 1. The monoisotopic (exact) mass is 437 g/mol. The van der Waals surface area contributed by atoms with E-state index in [4.69, 9.17) is 28.4 Å². The summed E-state index contributed by atoms with van der Waals surface area (Å²) in [6, 6.07) is 12.0. The van der Waals surface area contributed by atoms with E-state index in [-0.39, 0.29) is 12.3 Å². The molecular formula is C20H21Cl2N3O4. The van der Waals surface area contributed by atoms with Gasteiger partial charge in [-0.05, 0) is 55.7 Å².